The first kappa shape index (κ1) is 19.2. The second-order valence-electron chi connectivity index (χ2n) is 7.20. The number of methoxy groups -OCH3 is 1. The van der Waals surface area contributed by atoms with E-state index in [1.807, 2.05) is 24.3 Å². The van der Waals surface area contributed by atoms with Crippen molar-refractivity contribution in [1.29, 1.82) is 0 Å². The maximum Gasteiger partial charge on any atom is 0.263 e. The van der Waals surface area contributed by atoms with Crippen molar-refractivity contribution < 1.29 is 19.0 Å². The lowest BCUT2D eigenvalue weighted by Crippen LogP contribution is -2.52. The fourth-order valence-electron chi connectivity index (χ4n) is 3.15. The molecule has 1 aliphatic rings. The topological polar surface area (TPSA) is 69.7 Å². The second-order valence-corrected chi connectivity index (χ2v) is 7.20. The molecule has 144 valence electrons. The molecular weight excluding hydrogens is 344 g/mol. The summed E-state index contributed by atoms with van der Waals surface area (Å²) in [5.74, 6) is 1.18. The summed E-state index contributed by atoms with van der Waals surface area (Å²) in [4.78, 5) is 16.9. The van der Waals surface area contributed by atoms with Crippen LogP contribution in [0.15, 0.2) is 48.8 Å². The number of hydrogen-bond acceptors (Lipinski definition) is 5. The SMILES string of the molecule is COc1ccccc1OC(C)(C)C(=O)N[C@H]1COC[C@H]1Cc1ccncc1. The minimum absolute atomic E-state index is 0.0498. The van der Waals surface area contributed by atoms with Gasteiger partial charge >= 0.3 is 0 Å². The second kappa shape index (κ2) is 8.39. The quantitative estimate of drug-likeness (QED) is 0.811. The molecule has 1 amide bonds. The first-order valence-corrected chi connectivity index (χ1v) is 9.09. The normalized spacial score (nSPS) is 19.5. The third kappa shape index (κ3) is 4.77. The van der Waals surface area contributed by atoms with Crippen LogP contribution in [0.3, 0.4) is 0 Å². The zero-order chi connectivity index (χ0) is 19.3. The average molecular weight is 370 g/mol. The standard InChI is InChI=1S/C21H26N2O4/c1-21(2,27-19-7-5-4-6-18(19)25-3)20(24)23-17-14-26-13-16(17)12-15-8-10-22-11-9-15/h4-11,16-17H,12-14H2,1-3H3,(H,23,24)/t16-,17+/m1/s1. The highest BCUT2D eigenvalue weighted by Gasteiger charge is 2.36. The van der Waals surface area contributed by atoms with E-state index in [0.717, 1.165) is 6.42 Å². The van der Waals surface area contributed by atoms with Gasteiger partial charge in [0.2, 0.25) is 0 Å². The number of carbonyl (C=O) groups excluding carboxylic acids is 1. The minimum Gasteiger partial charge on any atom is -0.493 e. The summed E-state index contributed by atoms with van der Waals surface area (Å²) in [5.41, 5.74) is 0.141. The Kier molecular flexibility index (Phi) is 5.96. The molecular formula is C21H26N2O4. The molecule has 1 aromatic carbocycles. The van der Waals surface area contributed by atoms with E-state index in [1.54, 1.807) is 45.5 Å². The number of nitrogens with one attached hydrogen (secondary N) is 1. The van der Waals surface area contributed by atoms with Crippen LogP contribution in [0.1, 0.15) is 19.4 Å². The van der Waals surface area contributed by atoms with Crippen LogP contribution in [0.4, 0.5) is 0 Å². The molecule has 1 N–H and O–H groups in total. The van der Waals surface area contributed by atoms with Gasteiger partial charge in [-0.1, -0.05) is 12.1 Å². The van der Waals surface area contributed by atoms with Crippen molar-refractivity contribution in [3.8, 4) is 11.5 Å². The summed E-state index contributed by atoms with van der Waals surface area (Å²) < 4.78 is 16.9. The van der Waals surface area contributed by atoms with E-state index >= 15 is 0 Å². The number of carbonyl (C=O) groups is 1. The van der Waals surface area contributed by atoms with Gasteiger partial charge in [0, 0.05) is 18.3 Å². The molecule has 1 saturated heterocycles. The Hall–Kier alpha value is -2.60. The Morgan fingerprint density at radius 2 is 1.89 bits per heavy atom. The van der Waals surface area contributed by atoms with Gasteiger partial charge in [-0.05, 0) is 50.1 Å². The lowest BCUT2D eigenvalue weighted by atomic mass is 9.94. The molecule has 2 heterocycles. The van der Waals surface area contributed by atoms with E-state index < -0.39 is 5.60 Å². The molecule has 0 bridgehead atoms. The summed E-state index contributed by atoms with van der Waals surface area (Å²) in [7, 11) is 1.58. The van der Waals surface area contributed by atoms with E-state index in [1.165, 1.54) is 5.56 Å². The van der Waals surface area contributed by atoms with E-state index in [9.17, 15) is 4.79 Å². The van der Waals surface area contributed by atoms with Gasteiger partial charge in [0.05, 0.1) is 26.4 Å². The van der Waals surface area contributed by atoms with Crippen molar-refractivity contribution in [2.45, 2.75) is 31.9 Å². The minimum atomic E-state index is -1.04. The van der Waals surface area contributed by atoms with Crippen LogP contribution in [-0.2, 0) is 16.0 Å². The summed E-state index contributed by atoms with van der Waals surface area (Å²) in [6.07, 6.45) is 4.40. The van der Waals surface area contributed by atoms with Gasteiger partial charge in [0.15, 0.2) is 17.1 Å². The van der Waals surface area contributed by atoms with Crippen molar-refractivity contribution in [2.75, 3.05) is 20.3 Å². The summed E-state index contributed by atoms with van der Waals surface area (Å²) >= 11 is 0. The molecule has 6 heteroatoms. The fourth-order valence-corrected chi connectivity index (χ4v) is 3.15. The van der Waals surface area contributed by atoms with Gasteiger partial charge in [-0.3, -0.25) is 9.78 Å². The number of benzene rings is 1. The summed E-state index contributed by atoms with van der Waals surface area (Å²) in [6.45, 7) is 4.64. The monoisotopic (exact) mass is 370 g/mol. The molecule has 6 nitrogen and oxygen atoms in total. The lowest BCUT2D eigenvalue weighted by molar-refractivity contribution is -0.135. The molecule has 27 heavy (non-hydrogen) atoms. The molecule has 1 aliphatic heterocycles. The lowest BCUT2D eigenvalue weighted by Gasteiger charge is -2.29. The molecule has 1 fully saturated rings. The third-order valence-corrected chi connectivity index (χ3v) is 4.74. The van der Waals surface area contributed by atoms with Crippen LogP contribution < -0.4 is 14.8 Å². The van der Waals surface area contributed by atoms with Crippen molar-refractivity contribution >= 4 is 5.91 Å². The smallest absolute Gasteiger partial charge is 0.263 e. The Labute approximate surface area is 159 Å². The van der Waals surface area contributed by atoms with Crippen molar-refractivity contribution in [3.63, 3.8) is 0 Å². The Balaban J connectivity index is 1.64. The Morgan fingerprint density at radius 3 is 2.59 bits per heavy atom. The van der Waals surface area contributed by atoms with Gasteiger partial charge in [-0.25, -0.2) is 0 Å². The zero-order valence-corrected chi connectivity index (χ0v) is 16.0. The Morgan fingerprint density at radius 1 is 1.19 bits per heavy atom. The van der Waals surface area contributed by atoms with Crippen LogP contribution >= 0.6 is 0 Å². The van der Waals surface area contributed by atoms with Crippen LogP contribution in [0.2, 0.25) is 0 Å². The van der Waals surface area contributed by atoms with E-state index in [2.05, 4.69) is 10.3 Å². The number of hydrogen-bond donors (Lipinski definition) is 1. The number of amides is 1. The maximum atomic E-state index is 12.9. The summed E-state index contributed by atoms with van der Waals surface area (Å²) in [5, 5.41) is 3.10. The average Bonchev–Trinajstić information content (AvgIpc) is 3.09. The molecule has 2 aromatic rings. The fraction of sp³-hybridized carbons (Fsp3) is 0.429. The number of nitrogens with zero attached hydrogens (tertiary/aromatic N) is 1. The molecule has 0 spiro atoms. The van der Waals surface area contributed by atoms with Gasteiger partial charge < -0.3 is 19.5 Å². The molecule has 0 aliphatic carbocycles. The number of para-hydroxylation sites is 2. The summed E-state index contributed by atoms with van der Waals surface area (Å²) in [6, 6.07) is 11.2. The zero-order valence-electron chi connectivity index (χ0n) is 16.0. The third-order valence-electron chi connectivity index (χ3n) is 4.74. The van der Waals surface area contributed by atoms with Crippen molar-refractivity contribution in [1.82, 2.24) is 10.3 Å². The molecule has 1 aromatic heterocycles. The van der Waals surface area contributed by atoms with E-state index in [4.69, 9.17) is 14.2 Å². The predicted molar refractivity (Wildman–Crippen MR) is 102 cm³/mol. The number of rotatable bonds is 7. The molecule has 0 saturated carbocycles. The number of pyridine rings is 1. The van der Waals surface area contributed by atoms with Crippen LogP contribution in [0, 0.1) is 5.92 Å². The number of aromatic nitrogens is 1. The Bertz CT molecular complexity index is 764. The van der Waals surface area contributed by atoms with Gasteiger partial charge in [-0.2, -0.15) is 0 Å². The predicted octanol–water partition coefficient (Wildman–Crippen LogP) is 2.62. The van der Waals surface area contributed by atoms with Gasteiger partial charge in [-0.15, -0.1) is 0 Å². The molecule has 0 unspecified atom stereocenters. The van der Waals surface area contributed by atoms with E-state index in [-0.39, 0.29) is 17.9 Å². The first-order chi connectivity index (χ1) is 13.0. The van der Waals surface area contributed by atoms with Gasteiger partial charge in [0.25, 0.3) is 5.91 Å². The van der Waals surface area contributed by atoms with Gasteiger partial charge in [0.1, 0.15) is 0 Å². The van der Waals surface area contributed by atoms with E-state index in [0.29, 0.717) is 24.7 Å². The number of ether oxygens (including phenoxy) is 3. The van der Waals surface area contributed by atoms with Crippen molar-refractivity contribution in [3.05, 3.63) is 54.4 Å². The highest BCUT2D eigenvalue weighted by Crippen LogP contribution is 2.30. The highest BCUT2D eigenvalue weighted by molar-refractivity contribution is 5.85. The van der Waals surface area contributed by atoms with Crippen LogP contribution in [-0.4, -0.2) is 42.9 Å². The molecule has 2 atom stereocenters. The highest BCUT2D eigenvalue weighted by atomic mass is 16.5. The molecule has 0 radical (unpaired) electrons. The van der Waals surface area contributed by atoms with Crippen LogP contribution in [0.5, 0.6) is 11.5 Å². The maximum absolute atomic E-state index is 12.9. The first-order valence-electron chi connectivity index (χ1n) is 9.09. The van der Waals surface area contributed by atoms with Crippen LogP contribution in [0.25, 0.3) is 0 Å². The largest absolute Gasteiger partial charge is 0.493 e. The molecule has 3 rings (SSSR count). The van der Waals surface area contributed by atoms with Crippen molar-refractivity contribution in [2.24, 2.45) is 5.92 Å².